The maximum Gasteiger partial charge on any atom is 0.229 e. The van der Waals surface area contributed by atoms with Crippen LogP contribution in [-0.4, -0.2) is 15.0 Å². The Hall–Kier alpha value is -1.40. The fraction of sp³-hybridized carbons (Fsp3) is 0.364. The number of anilines is 2. The van der Waals surface area contributed by atoms with Gasteiger partial charge in [0.05, 0.1) is 6.04 Å². The summed E-state index contributed by atoms with van der Waals surface area (Å²) >= 11 is 7.57. The van der Waals surface area contributed by atoms with Crippen molar-refractivity contribution in [3.8, 4) is 0 Å². The first-order valence-electron chi connectivity index (χ1n) is 5.72. The van der Waals surface area contributed by atoms with E-state index in [4.69, 9.17) is 17.3 Å². The van der Waals surface area contributed by atoms with Crippen molar-refractivity contribution in [1.29, 1.82) is 0 Å². The standard InChI is InChI=1S/C11H12ClN5S/c12-9-15-10(13)17-11(16-9)14-7-2-1-3-8-6(7)4-5-18-8/h4-5,7H,1-3H2,(H3,13,14,15,16,17). The van der Waals surface area contributed by atoms with Gasteiger partial charge >= 0.3 is 0 Å². The highest BCUT2D eigenvalue weighted by Crippen LogP contribution is 2.34. The molecule has 0 spiro atoms. The summed E-state index contributed by atoms with van der Waals surface area (Å²) in [5.74, 6) is 0.579. The number of aromatic nitrogens is 3. The van der Waals surface area contributed by atoms with Gasteiger partial charge in [-0.2, -0.15) is 15.0 Å². The number of hydrogen-bond donors (Lipinski definition) is 2. The van der Waals surface area contributed by atoms with E-state index in [0.29, 0.717) is 5.95 Å². The molecule has 1 atom stereocenters. The number of nitrogens with zero attached hydrogens (tertiary/aromatic N) is 3. The molecule has 0 aromatic carbocycles. The molecule has 2 aromatic heterocycles. The van der Waals surface area contributed by atoms with Crippen LogP contribution in [0.2, 0.25) is 5.28 Å². The minimum absolute atomic E-state index is 0.117. The zero-order chi connectivity index (χ0) is 12.5. The first kappa shape index (κ1) is 11.7. The van der Waals surface area contributed by atoms with Crippen LogP contribution in [0.3, 0.4) is 0 Å². The van der Waals surface area contributed by atoms with Gasteiger partial charge in [-0.1, -0.05) is 0 Å². The lowest BCUT2D eigenvalue weighted by Gasteiger charge is -2.23. The second-order valence-corrected chi connectivity index (χ2v) is 5.51. The monoisotopic (exact) mass is 281 g/mol. The van der Waals surface area contributed by atoms with Gasteiger partial charge in [-0.05, 0) is 47.9 Å². The summed E-state index contributed by atoms with van der Waals surface area (Å²) in [5.41, 5.74) is 6.89. The van der Waals surface area contributed by atoms with E-state index in [-0.39, 0.29) is 17.3 Å². The van der Waals surface area contributed by atoms with Crippen LogP contribution in [-0.2, 0) is 6.42 Å². The maximum absolute atomic E-state index is 5.77. The molecule has 0 radical (unpaired) electrons. The van der Waals surface area contributed by atoms with Crippen LogP contribution < -0.4 is 11.1 Å². The second-order valence-electron chi connectivity index (χ2n) is 4.17. The third-order valence-corrected chi connectivity index (χ3v) is 4.15. The van der Waals surface area contributed by atoms with E-state index in [2.05, 4.69) is 31.7 Å². The zero-order valence-electron chi connectivity index (χ0n) is 9.56. The van der Waals surface area contributed by atoms with Crippen LogP contribution in [0, 0.1) is 0 Å². The van der Waals surface area contributed by atoms with Crippen molar-refractivity contribution in [2.24, 2.45) is 0 Å². The molecule has 0 saturated carbocycles. The fourth-order valence-electron chi connectivity index (χ4n) is 2.22. The van der Waals surface area contributed by atoms with Gasteiger partial charge in [-0.3, -0.25) is 0 Å². The molecule has 2 aromatic rings. The predicted molar refractivity (Wildman–Crippen MR) is 72.9 cm³/mol. The molecule has 0 fully saturated rings. The van der Waals surface area contributed by atoms with Crippen LogP contribution in [0.15, 0.2) is 11.4 Å². The summed E-state index contributed by atoms with van der Waals surface area (Å²) < 4.78 is 0. The highest BCUT2D eigenvalue weighted by Gasteiger charge is 2.21. The molecule has 1 unspecified atom stereocenters. The zero-order valence-corrected chi connectivity index (χ0v) is 11.1. The Kier molecular flexibility index (Phi) is 3.05. The number of nitrogens with two attached hydrogens (primary N) is 1. The Morgan fingerprint density at radius 1 is 1.39 bits per heavy atom. The Morgan fingerprint density at radius 3 is 3.11 bits per heavy atom. The van der Waals surface area contributed by atoms with E-state index in [9.17, 15) is 0 Å². The lowest BCUT2D eigenvalue weighted by atomic mass is 9.94. The molecule has 0 bridgehead atoms. The van der Waals surface area contributed by atoms with Gasteiger partial charge < -0.3 is 11.1 Å². The highest BCUT2D eigenvalue weighted by molar-refractivity contribution is 7.10. The molecule has 0 aliphatic heterocycles. The Bertz CT molecular complexity index is 550. The Morgan fingerprint density at radius 2 is 2.28 bits per heavy atom. The average Bonchev–Trinajstić information content (AvgIpc) is 2.76. The quantitative estimate of drug-likeness (QED) is 0.885. The van der Waals surface area contributed by atoms with Crippen LogP contribution in [0.4, 0.5) is 11.9 Å². The predicted octanol–water partition coefficient (Wildman–Crippen LogP) is 2.66. The van der Waals surface area contributed by atoms with Crippen molar-refractivity contribution in [3.05, 3.63) is 27.2 Å². The van der Waals surface area contributed by atoms with E-state index in [1.54, 1.807) is 11.3 Å². The third kappa shape index (κ3) is 2.26. The van der Waals surface area contributed by atoms with Crippen LogP contribution in [0.1, 0.15) is 29.3 Å². The number of nitrogens with one attached hydrogen (secondary N) is 1. The maximum atomic E-state index is 5.77. The molecule has 0 amide bonds. The molecule has 3 N–H and O–H groups in total. The van der Waals surface area contributed by atoms with Crippen LogP contribution >= 0.6 is 22.9 Å². The summed E-state index contributed by atoms with van der Waals surface area (Å²) in [4.78, 5) is 13.3. The van der Waals surface area contributed by atoms with Gasteiger partial charge in [0, 0.05) is 4.88 Å². The van der Waals surface area contributed by atoms with Crippen molar-refractivity contribution < 1.29 is 0 Å². The topological polar surface area (TPSA) is 76.7 Å². The minimum atomic E-state index is 0.117. The lowest BCUT2D eigenvalue weighted by Crippen LogP contribution is -2.17. The summed E-state index contributed by atoms with van der Waals surface area (Å²) in [7, 11) is 0. The second kappa shape index (κ2) is 4.70. The molecule has 3 rings (SSSR count). The Balaban J connectivity index is 1.86. The Labute approximate surface area is 113 Å². The van der Waals surface area contributed by atoms with E-state index in [0.717, 1.165) is 12.8 Å². The summed E-state index contributed by atoms with van der Waals surface area (Å²) in [5, 5.41) is 5.53. The summed E-state index contributed by atoms with van der Waals surface area (Å²) in [6.07, 6.45) is 3.39. The molecule has 94 valence electrons. The number of aryl methyl sites for hydroxylation is 1. The van der Waals surface area contributed by atoms with Crippen molar-refractivity contribution >= 4 is 34.8 Å². The van der Waals surface area contributed by atoms with Crippen LogP contribution in [0.25, 0.3) is 0 Å². The van der Waals surface area contributed by atoms with Crippen molar-refractivity contribution in [2.45, 2.75) is 25.3 Å². The SMILES string of the molecule is Nc1nc(Cl)nc(NC2CCCc3sccc32)n1. The minimum Gasteiger partial charge on any atom is -0.368 e. The number of rotatable bonds is 2. The van der Waals surface area contributed by atoms with E-state index in [1.807, 2.05) is 0 Å². The molecule has 18 heavy (non-hydrogen) atoms. The molecule has 5 nitrogen and oxygen atoms in total. The molecule has 7 heteroatoms. The van der Waals surface area contributed by atoms with Crippen molar-refractivity contribution in [1.82, 2.24) is 15.0 Å². The van der Waals surface area contributed by atoms with Crippen LogP contribution in [0.5, 0.6) is 0 Å². The van der Waals surface area contributed by atoms with Crippen molar-refractivity contribution in [3.63, 3.8) is 0 Å². The first-order chi connectivity index (χ1) is 8.72. The van der Waals surface area contributed by atoms with Gasteiger partial charge in [-0.25, -0.2) is 0 Å². The molecule has 1 aliphatic carbocycles. The largest absolute Gasteiger partial charge is 0.368 e. The lowest BCUT2D eigenvalue weighted by molar-refractivity contribution is 0.604. The fourth-order valence-corrected chi connectivity index (χ4v) is 3.38. The number of nitrogen functional groups attached to an aromatic ring is 1. The molecule has 1 aliphatic rings. The number of fused-ring (bicyclic) bond motifs is 1. The third-order valence-electron chi connectivity index (χ3n) is 2.98. The van der Waals surface area contributed by atoms with Gasteiger partial charge in [0.1, 0.15) is 0 Å². The highest BCUT2D eigenvalue weighted by atomic mass is 35.5. The molecular formula is C11H12ClN5S. The van der Waals surface area contributed by atoms with E-state index < -0.39 is 0 Å². The summed E-state index contributed by atoms with van der Waals surface area (Å²) in [6, 6.07) is 2.39. The van der Waals surface area contributed by atoms with Gasteiger partial charge in [0.25, 0.3) is 0 Å². The first-order valence-corrected chi connectivity index (χ1v) is 6.98. The molecular weight excluding hydrogens is 270 g/mol. The van der Waals surface area contributed by atoms with Gasteiger partial charge in [-0.15, -0.1) is 11.3 Å². The van der Waals surface area contributed by atoms with Gasteiger partial charge in [0.2, 0.25) is 17.2 Å². The van der Waals surface area contributed by atoms with E-state index in [1.165, 1.54) is 16.9 Å². The molecule has 2 heterocycles. The molecule has 0 saturated heterocycles. The average molecular weight is 282 g/mol. The number of thiophene rings is 1. The van der Waals surface area contributed by atoms with Crippen molar-refractivity contribution in [2.75, 3.05) is 11.1 Å². The normalized spacial score (nSPS) is 18.4. The number of hydrogen-bond acceptors (Lipinski definition) is 6. The smallest absolute Gasteiger partial charge is 0.229 e. The summed E-state index contributed by atoms with van der Waals surface area (Å²) in [6.45, 7) is 0. The van der Waals surface area contributed by atoms with Gasteiger partial charge in [0.15, 0.2) is 0 Å². The van der Waals surface area contributed by atoms with E-state index >= 15 is 0 Å². The number of halogens is 1.